The van der Waals surface area contributed by atoms with E-state index < -0.39 is 23.3 Å². The summed E-state index contributed by atoms with van der Waals surface area (Å²) in [6, 6.07) is 27.1. The number of hydrogen-bond acceptors (Lipinski definition) is 9. The molecule has 1 unspecified atom stereocenters. The number of thioether (sulfide) groups is 1. The van der Waals surface area contributed by atoms with Crippen molar-refractivity contribution in [2.45, 2.75) is 31.4 Å². The molecule has 242 valence electrons. The van der Waals surface area contributed by atoms with E-state index in [1.54, 1.807) is 36.3 Å². The Labute approximate surface area is 276 Å². The van der Waals surface area contributed by atoms with Crippen LogP contribution in [0.3, 0.4) is 0 Å². The number of ether oxygens (including phenoxy) is 2. The van der Waals surface area contributed by atoms with Crippen molar-refractivity contribution in [1.29, 1.82) is 0 Å². The zero-order chi connectivity index (χ0) is 32.6. The first-order chi connectivity index (χ1) is 22.9. The molecule has 3 amide bonds. The van der Waals surface area contributed by atoms with Crippen LogP contribution in [0.5, 0.6) is 0 Å². The molecule has 0 saturated carbocycles. The average Bonchev–Trinajstić information content (AvgIpc) is 3.73. The average molecular weight is 654 g/mol. The zero-order valence-electron chi connectivity index (χ0n) is 25.8. The van der Waals surface area contributed by atoms with Crippen molar-refractivity contribution >= 4 is 51.9 Å². The summed E-state index contributed by atoms with van der Waals surface area (Å²) < 4.78 is 16.2. The van der Waals surface area contributed by atoms with Gasteiger partial charge in [-0.15, -0.1) is 0 Å². The van der Waals surface area contributed by atoms with Gasteiger partial charge in [-0.3, -0.25) is 14.5 Å². The number of morpholine rings is 1. The summed E-state index contributed by atoms with van der Waals surface area (Å²) in [5, 5.41) is 5.39. The fraction of sp³-hybridized carbons (Fsp3) is 0.257. The molecule has 1 aromatic heterocycles. The van der Waals surface area contributed by atoms with E-state index in [1.165, 1.54) is 11.8 Å². The van der Waals surface area contributed by atoms with E-state index in [1.807, 2.05) is 72.8 Å². The first kappa shape index (κ1) is 31.9. The number of carbonyl (C=O) groups excluding carboxylic acids is 3. The van der Waals surface area contributed by atoms with Crippen molar-refractivity contribution in [2.75, 3.05) is 36.5 Å². The molecular weight excluding hydrogens is 618 g/mol. The molecule has 4 aromatic rings. The third kappa shape index (κ3) is 8.21. The molecule has 6 rings (SSSR count). The molecule has 3 aromatic carbocycles. The molecule has 2 atom stereocenters. The molecule has 2 aliphatic heterocycles. The molecule has 12 heteroatoms. The number of hydrogen-bond donors (Lipinski definition) is 2. The molecule has 0 radical (unpaired) electrons. The number of amides is 3. The Kier molecular flexibility index (Phi) is 10.2. The third-order valence-electron chi connectivity index (χ3n) is 7.71. The van der Waals surface area contributed by atoms with Crippen LogP contribution in [0.4, 0.5) is 21.9 Å². The highest BCUT2D eigenvalue weighted by molar-refractivity contribution is 8.15. The molecule has 11 nitrogen and oxygen atoms in total. The molecule has 2 aliphatic rings. The monoisotopic (exact) mass is 653 g/mol. The maximum absolute atomic E-state index is 13.7. The van der Waals surface area contributed by atoms with Gasteiger partial charge in [0.2, 0.25) is 11.8 Å². The third-order valence-corrected chi connectivity index (χ3v) is 8.94. The van der Waals surface area contributed by atoms with E-state index >= 15 is 0 Å². The highest BCUT2D eigenvalue weighted by atomic mass is 32.2. The van der Waals surface area contributed by atoms with Crippen LogP contribution in [0.1, 0.15) is 29.1 Å². The van der Waals surface area contributed by atoms with Crippen LogP contribution in [0.25, 0.3) is 0 Å². The Morgan fingerprint density at radius 3 is 2.43 bits per heavy atom. The Bertz CT molecular complexity index is 1690. The molecule has 47 heavy (non-hydrogen) atoms. The predicted molar refractivity (Wildman–Crippen MR) is 180 cm³/mol. The standard InChI is InChI=1S/C35H35N5O6S/c1-24(36-35(43)46-23-25-6-3-2-4-7-25)32(41)37-27-11-9-26(10-12-27)31-33(42)40(22-30-8-5-19-45-30)34(47-31)38-28-13-15-29(16-14-28)39-17-20-44-21-18-39/h2-16,19,24,31H,17-18,20-23H2,1H3,(H,36,43)(H,37,41)/t24-,31?/m1/s1. The lowest BCUT2D eigenvalue weighted by molar-refractivity contribution is -0.126. The molecule has 0 aliphatic carbocycles. The second-order valence-electron chi connectivity index (χ2n) is 11.1. The largest absolute Gasteiger partial charge is 0.467 e. The molecule has 2 saturated heterocycles. The number of aliphatic imine (C=N–C) groups is 1. The van der Waals surface area contributed by atoms with Gasteiger partial charge in [0.15, 0.2) is 5.17 Å². The molecule has 2 N–H and O–H groups in total. The smallest absolute Gasteiger partial charge is 0.408 e. The quantitative estimate of drug-likeness (QED) is 0.218. The summed E-state index contributed by atoms with van der Waals surface area (Å²) in [5.74, 6) is 0.137. The predicted octanol–water partition coefficient (Wildman–Crippen LogP) is 5.87. The van der Waals surface area contributed by atoms with E-state index in [4.69, 9.17) is 18.9 Å². The SMILES string of the molecule is C[C@@H](NC(=O)OCc1ccccc1)C(=O)Nc1ccc(C2SC(=Nc3ccc(N4CCOCC4)cc3)N(Cc3ccco3)C2=O)cc1. The van der Waals surface area contributed by atoms with Gasteiger partial charge in [-0.2, -0.15) is 0 Å². The van der Waals surface area contributed by atoms with E-state index in [-0.39, 0.29) is 19.1 Å². The van der Waals surface area contributed by atoms with Gasteiger partial charge < -0.3 is 29.4 Å². The van der Waals surface area contributed by atoms with Crippen molar-refractivity contribution < 1.29 is 28.3 Å². The summed E-state index contributed by atoms with van der Waals surface area (Å²) in [4.78, 5) is 47.5. The van der Waals surface area contributed by atoms with Crippen LogP contribution in [-0.4, -0.2) is 60.3 Å². The topological polar surface area (TPSA) is 126 Å². The summed E-state index contributed by atoms with van der Waals surface area (Å²) in [7, 11) is 0. The lowest BCUT2D eigenvalue weighted by atomic mass is 10.1. The van der Waals surface area contributed by atoms with Crippen molar-refractivity contribution in [3.63, 3.8) is 0 Å². The van der Waals surface area contributed by atoms with Gasteiger partial charge in [-0.1, -0.05) is 54.2 Å². The maximum Gasteiger partial charge on any atom is 0.408 e. The van der Waals surface area contributed by atoms with E-state index in [0.29, 0.717) is 29.8 Å². The Balaban J connectivity index is 1.10. The lowest BCUT2D eigenvalue weighted by Gasteiger charge is -2.28. The Morgan fingerprint density at radius 1 is 0.979 bits per heavy atom. The number of furan rings is 1. The van der Waals surface area contributed by atoms with Gasteiger partial charge in [-0.25, -0.2) is 9.79 Å². The zero-order valence-corrected chi connectivity index (χ0v) is 26.7. The molecule has 3 heterocycles. The second-order valence-corrected chi connectivity index (χ2v) is 12.1. The van der Waals surface area contributed by atoms with Gasteiger partial charge in [0.25, 0.3) is 0 Å². The first-order valence-electron chi connectivity index (χ1n) is 15.3. The van der Waals surface area contributed by atoms with Gasteiger partial charge >= 0.3 is 6.09 Å². The number of carbonyl (C=O) groups is 3. The molecular formula is C35H35N5O6S. The minimum absolute atomic E-state index is 0.104. The van der Waals surface area contributed by atoms with Gasteiger partial charge in [0.1, 0.15) is 23.7 Å². The van der Waals surface area contributed by atoms with Crippen molar-refractivity contribution in [2.24, 2.45) is 4.99 Å². The normalized spacial score (nSPS) is 17.9. The highest BCUT2D eigenvalue weighted by Crippen LogP contribution is 2.41. The number of nitrogens with one attached hydrogen (secondary N) is 2. The summed E-state index contributed by atoms with van der Waals surface area (Å²) in [6.07, 6.45) is 0.895. The van der Waals surface area contributed by atoms with Gasteiger partial charge in [-0.05, 0) is 66.6 Å². The molecule has 0 spiro atoms. The minimum Gasteiger partial charge on any atom is -0.467 e. The van der Waals surface area contributed by atoms with E-state index in [9.17, 15) is 14.4 Å². The van der Waals surface area contributed by atoms with Crippen molar-refractivity contribution in [3.05, 3.63) is 114 Å². The Hall–Kier alpha value is -5.07. The summed E-state index contributed by atoms with van der Waals surface area (Å²) in [5.41, 5.74) is 4.00. The number of alkyl carbamates (subject to hydrolysis) is 1. The maximum atomic E-state index is 13.7. The van der Waals surface area contributed by atoms with Gasteiger partial charge in [0.05, 0.1) is 31.7 Å². The lowest BCUT2D eigenvalue weighted by Crippen LogP contribution is -2.41. The van der Waals surface area contributed by atoms with Crippen LogP contribution in [0.2, 0.25) is 0 Å². The second kappa shape index (κ2) is 15.0. The van der Waals surface area contributed by atoms with Gasteiger partial charge in [0, 0.05) is 24.5 Å². The van der Waals surface area contributed by atoms with Crippen LogP contribution < -0.4 is 15.5 Å². The fourth-order valence-corrected chi connectivity index (χ4v) is 6.30. The van der Waals surface area contributed by atoms with Crippen LogP contribution in [-0.2, 0) is 32.2 Å². The summed E-state index contributed by atoms with van der Waals surface area (Å²) >= 11 is 1.37. The summed E-state index contributed by atoms with van der Waals surface area (Å²) in [6.45, 7) is 5.05. The van der Waals surface area contributed by atoms with Crippen molar-refractivity contribution in [3.8, 4) is 0 Å². The van der Waals surface area contributed by atoms with Crippen LogP contribution in [0, 0.1) is 0 Å². The number of anilines is 2. The van der Waals surface area contributed by atoms with Crippen LogP contribution in [0.15, 0.2) is 107 Å². The highest BCUT2D eigenvalue weighted by Gasteiger charge is 2.39. The van der Waals surface area contributed by atoms with Crippen LogP contribution >= 0.6 is 11.8 Å². The minimum atomic E-state index is -0.832. The van der Waals surface area contributed by atoms with E-state index in [0.717, 1.165) is 35.6 Å². The number of amidine groups is 1. The first-order valence-corrected chi connectivity index (χ1v) is 16.2. The fourth-order valence-electron chi connectivity index (χ4n) is 5.13. The molecule has 2 fully saturated rings. The van der Waals surface area contributed by atoms with Crippen molar-refractivity contribution in [1.82, 2.24) is 10.2 Å². The number of rotatable bonds is 10. The number of benzene rings is 3. The number of nitrogens with zero attached hydrogens (tertiary/aromatic N) is 3. The molecule has 0 bridgehead atoms. The Morgan fingerprint density at radius 2 is 1.72 bits per heavy atom. The van der Waals surface area contributed by atoms with E-state index in [2.05, 4.69) is 15.5 Å².